The highest BCUT2D eigenvalue weighted by Crippen LogP contribution is 1.50. The summed E-state index contributed by atoms with van der Waals surface area (Å²) in [6.45, 7) is -0.912. The van der Waals surface area contributed by atoms with E-state index < -0.39 is 13.2 Å². The van der Waals surface area contributed by atoms with E-state index in [0.717, 1.165) is 0 Å². The molecule has 0 aliphatic heterocycles. The van der Waals surface area contributed by atoms with Gasteiger partial charge in [-0.05, 0) is 0 Å². The van der Waals surface area contributed by atoms with E-state index >= 15 is 0 Å². The van der Waals surface area contributed by atoms with Gasteiger partial charge in [-0.1, -0.05) is 11.8 Å². The Morgan fingerprint density at radius 1 is 1.00 bits per heavy atom. The lowest BCUT2D eigenvalue weighted by atomic mass is 10.6. The Morgan fingerprint density at radius 2 is 1.33 bits per heavy atom. The van der Waals surface area contributed by atoms with Crippen LogP contribution in [0.5, 0.6) is 0 Å². The second-order valence-corrected chi connectivity index (χ2v) is 0.642. The van der Waals surface area contributed by atoms with Crippen molar-refractivity contribution in [2.75, 3.05) is 13.2 Å². The Hall–Kier alpha value is -0.520. The molecule has 0 aliphatic carbocycles. The van der Waals surface area contributed by atoms with E-state index in [-0.39, 0.29) is 0 Å². The molecule has 0 bridgehead atoms. The van der Waals surface area contributed by atoms with Crippen LogP contribution in [0.4, 0.5) is 0 Å². The molecule has 0 saturated carbocycles. The van der Waals surface area contributed by atoms with E-state index in [4.69, 9.17) is 0 Å². The van der Waals surface area contributed by atoms with Crippen LogP contribution in [0, 0.1) is 11.8 Å². The molecule has 0 spiro atoms. The van der Waals surface area contributed by atoms with Crippen molar-refractivity contribution in [3.63, 3.8) is 0 Å². The fourth-order valence-electron chi connectivity index (χ4n) is 0.102. The Labute approximate surface area is 36.4 Å². The van der Waals surface area contributed by atoms with E-state index in [2.05, 4.69) is 11.8 Å². The highest BCUT2D eigenvalue weighted by atomic mass is 16.3. The molecule has 0 aliphatic rings. The summed E-state index contributed by atoms with van der Waals surface area (Å²) in [5.41, 5.74) is 0. The smallest absolute Gasteiger partial charge is 0.143 e. The van der Waals surface area contributed by atoms with E-state index in [1.165, 1.54) is 0 Å². The molecule has 0 heterocycles. The minimum absolute atomic E-state index is 0.456. The molecule has 0 amide bonds. The summed E-state index contributed by atoms with van der Waals surface area (Å²) in [6, 6.07) is 0. The Balaban J connectivity index is 2.90. The SMILES string of the molecule is [O]CC#CC[O]. The fraction of sp³-hybridized carbons (Fsp3) is 0.500. The topological polar surface area (TPSA) is 39.8 Å². The zero-order chi connectivity index (χ0) is 4.83. The van der Waals surface area contributed by atoms with Gasteiger partial charge in [0.2, 0.25) is 0 Å². The predicted molar refractivity (Wildman–Crippen MR) is 18.9 cm³/mol. The van der Waals surface area contributed by atoms with Crippen LogP contribution in [0.2, 0.25) is 0 Å². The molecule has 2 heteroatoms. The lowest BCUT2D eigenvalue weighted by Gasteiger charge is -1.61. The van der Waals surface area contributed by atoms with Gasteiger partial charge in [-0.25, -0.2) is 10.2 Å². The average molecular weight is 84.1 g/mol. The van der Waals surface area contributed by atoms with Crippen LogP contribution >= 0.6 is 0 Å². The van der Waals surface area contributed by atoms with Crippen molar-refractivity contribution < 1.29 is 10.2 Å². The fourth-order valence-corrected chi connectivity index (χ4v) is 0.102. The molecule has 0 saturated heterocycles. The molecule has 0 N–H and O–H groups in total. The van der Waals surface area contributed by atoms with Gasteiger partial charge in [-0.2, -0.15) is 0 Å². The first kappa shape index (κ1) is 5.48. The van der Waals surface area contributed by atoms with Crippen molar-refractivity contribution in [3.8, 4) is 11.8 Å². The van der Waals surface area contributed by atoms with Crippen molar-refractivity contribution >= 4 is 0 Å². The van der Waals surface area contributed by atoms with Gasteiger partial charge in [0.1, 0.15) is 13.2 Å². The summed E-state index contributed by atoms with van der Waals surface area (Å²) in [7, 11) is 0. The first-order valence-electron chi connectivity index (χ1n) is 1.53. The molecule has 0 aromatic carbocycles. The molecular weight excluding hydrogens is 80.0 g/mol. The monoisotopic (exact) mass is 84.0 g/mol. The number of hydrogen-bond donors (Lipinski definition) is 0. The lowest BCUT2D eigenvalue weighted by molar-refractivity contribution is 0.231. The third-order valence-corrected chi connectivity index (χ3v) is 0.269. The lowest BCUT2D eigenvalue weighted by Crippen LogP contribution is -1.71. The molecule has 0 aromatic rings. The molecule has 0 fully saturated rings. The van der Waals surface area contributed by atoms with E-state index in [9.17, 15) is 10.2 Å². The Morgan fingerprint density at radius 3 is 1.50 bits per heavy atom. The molecule has 2 nitrogen and oxygen atoms in total. The maximum atomic E-state index is 9.38. The van der Waals surface area contributed by atoms with Crippen molar-refractivity contribution in [1.82, 2.24) is 0 Å². The van der Waals surface area contributed by atoms with Crippen molar-refractivity contribution in [2.24, 2.45) is 0 Å². The minimum Gasteiger partial charge on any atom is -0.223 e. The van der Waals surface area contributed by atoms with Crippen molar-refractivity contribution in [3.05, 3.63) is 0 Å². The summed E-state index contributed by atoms with van der Waals surface area (Å²) in [6.07, 6.45) is 0. The number of hydrogen-bond acceptors (Lipinski definition) is 0. The summed E-state index contributed by atoms with van der Waals surface area (Å²) < 4.78 is 0. The first-order chi connectivity index (χ1) is 2.91. The first-order valence-corrected chi connectivity index (χ1v) is 1.53. The predicted octanol–water partition coefficient (Wildman–Crippen LogP) is -0.149. The van der Waals surface area contributed by atoms with Crippen LogP contribution in [0.25, 0.3) is 0 Å². The van der Waals surface area contributed by atoms with Crippen LogP contribution in [0.15, 0.2) is 0 Å². The quantitative estimate of drug-likeness (QED) is 0.366. The maximum Gasteiger partial charge on any atom is 0.143 e. The van der Waals surface area contributed by atoms with Crippen LogP contribution in [-0.2, 0) is 10.2 Å². The van der Waals surface area contributed by atoms with Crippen LogP contribution < -0.4 is 0 Å². The van der Waals surface area contributed by atoms with Gasteiger partial charge in [-0.15, -0.1) is 0 Å². The summed E-state index contributed by atoms with van der Waals surface area (Å²) in [5.74, 6) is 4.16. The van der Waals surface area contributed by atoms with Gasteiger partial charge in [-0.3, -0.25) is 0 Å². The summed E-state index contributed by atoms with van der Waals surface area (Å²) >= 11 is 0. The highest BCUT2D eigenvalue weighted by molar-refractivity contribution is 4.97. The molecule has 0 aromatic heterocycles. The maximum absolute atomic E-state index is 9.38. The van der Waals surface area contributed by atoms with Crippen LogP contribution in [-0.4, -0.2) is 13.2 Å². The second-order valence-electron chi connectivity index (χ2n) is 0.642. The van der Waals surface area contributed by atoms with E-state index in [0.29, 0.717) is 0 Å². The molecule has 2 radical (unpaired) electrons. The third kappa shape index (κ3) is 3.48. The summed E-state index contributed by atoms with van der Waals surface area (Å²) in [5, 5.41) is 18.8. The number of rotatable bonds is 0. The van der Waals surface area contributed by atoms with Crippen molar-refractivity contribution in [2.45, 2.75) is 0 Å². The van der Waals surface area contributed by atoms with Gasteiger partial charge in [0.15, 0.2) is 0 Å². The van der Waals surface area contributed by atoms with Gasteiger partial charge in [0.25, 0.3) is 0 Å². The standard InChI is InChI=1S/C4H4O2/c5-3-1-2-4-6/h3-4H2. The zero-order valence-electron chi connectivity index (χ0n) is 3.23. The van der Waals surface area contributed by atoms with Crippen LogP contribution in [0.1, 0.15) is 0 Å². The molecule has 0 unspecified atom stereocenters. The van der Waals surface area contributed by atoms with E-state index in [1.807, 2.05) is 0 Å². The molecule has 32 valence electrons. The third-order valence-electron chi connectivity index (χ3n) is 0.269. The Kier molecular flexibility index (Phi) is 4.09. The van der Waals surface area contributed by atoms with E-state index in [1.54, 1.807) is 0 Å². The van der Waals surface area contributed by atoms with Gasteiger partial charge >= 0.3 is 0 Å². The average Bonchev–Trinajstić information content (AvgIpc) is 1.61. The Bertz CT molecular complexity index is 59.4. The minimum atomic E-state index is -0.456. The molecule has 0 rings (SSSR count). The highest BCUT2D eigenvalue weighted by Gasteiger charge is 1.61. The zero-order valence-corrected chi connectivity index (χ0v) is 3.23. The van der Waals surface area contributed by atoms with Crippen molar-refractivity contribution in [1.29, 1.82) is 0 Å². The van der Waals surface area contributed by atoms with Crippen LogP contribution in [0.3, 0.4) is 0 Å². The van der Waals surface area contributed by atoms with Gasteiger partial charge in [0, 0.05) is 0 Å². The van der Waals surface area contributed by atoms with Gasteiger partial charge < -0.3 is 0 Å². The molecular formula is C4H4O2. The normalized spacial score (nSPS) is 6.33. The second kappa shape index (κ2) is 4.48. The molecule has 6 heavy (non-hydrogen) atoms. The van der Waals surface area contributed by atoms with Gasteiger partial charge in [0.05, 0.1) is 0 Å². The largest absolute Gasteiger partial charge is 0.223 e. The molecule has 0 atom stereocenters. The summed E-state index contributed by atoms with van der Waals surface area (Å²) in [4.78, 5) is 0.